The van der Waals surface area contributed by atoms with Crippen molar-refractivity contribution in [1.82, 2.24) is 0 Å². The zero-order chi connectivity index (χ0) is 13.6. The number of hydrogen-bond donors (Lipinski definition) is 1. The number of para-hydroxylation sites is 2. The Labute approximate surface area is 113 Å². The molecule has 1 atom stereocenters. The van der Waals surface area contributed by atoms with Gasteiger partial charge in [0.05, 0.1) is 0 Å². The molecule has 0 aliphatic carbocycles. The molecule has 0 saturated heterocycles. The predicted molar refractivity (Wildman–Crippen MR) is 75.7 cm³/mol. The van der Waals surface area contributed by atoms with E-state index in [1.54, 1.807) is 0 Å². The van der Waals surface area contributed by atoms with Crippen molar-refractivity contribution in [2.75, 3.05) is 0 Å². The number of aliphatic hydroxyl groups excluding tert-OH is 1. The van der Waals surface area contributed by atoms with E-state index in [4.69, 9.17) is 4.74 Å². The average molecular weight is 254 g/mol. The zero-order valence-corrected chi connectivity index (χ0v) is 11.5. The first-order valence-corrected chi connectivity index (χ1v) is 6.57. The summed E-state index contributed by atoms with van der Waals surface area (Å²) in [4.78, 5) is 0. The maximum Gasteiger partial charge on any atom is 0.137 e. The van der Waals surface area contributed by atoms with E-state index >= 15 is 0 Å². The Morgan fingerprint density at radius 2 is 1.63 bits per heavy atom. The first-order chi connectivity index (χ1) is 8.98. The van der Waals surface area contributed by atoms with Crippen molar-refractivity contribution in [2.24, 2.45) is 0 Å². The Morgan fingerprint density at radius 1 is 0.947 bits per heavy atom. The molecule has 2 nitrogen and oxygen atoms in total. The lowest BCUT2D eigenvalue weighted by atomic mass is 9.83. The fourth-order valence-electron chi connectivity index (χ4n) is 2.55. The third-order valence-electron chi connectivity index (χ3n) is 3.57. The number of benzene rings is 2. The summed E-state index contributed by atoms with van der Waals surface area (Å²) in [6, 6.07) is 13.7. The highest BCUT2D eigenvalue weighted by Gasteiger charge is 2.30. The van der Waals surface area contributed by atoms with Crippen molar-refractivity contribution in [1.29, 1.82) is 0 Å². The smallest absolute Gasteiger partial charge is 0.137 e. The molecule has 98 valence electrons. The Morgan fingerprint density at radius 3 is 2.37 bits per heavy atom. The molecule has 19 heavy (non-hydrogen) atoms. The van der Waals surface area contributed by atoms with Gasteiger partial charge in [-0.1, -0.05) is 57.2 Å². The van der Waals surface area contributed by atoms with Crippen LogP contribution in [0.1, 0.15) is 43.6 Å². The van der Waals surface area contributed by atoms with Gasteiger partial charge in [0.1, 0.15) is 17.6 Å². The van der Waals surface area contributed by atoms with E-state index in [0.717, 1.165) is 28.2 Å². The largest absolute Gasteiger partial charge is 0.456 e. The molecule has 0 spiro atoms. The molecule has 0 amide bonds. The molecule has 0 bridgehead atoms. The van der Waals surface area contributed by atoms with Crippen molar-refractivity contribution in [3.63, 3.8) is 0 Å². The second-order valence-electron chi connectivity index (χ2n) is 6.02. The molecular formula is C17H18O2. The summed E-state index contributed by atoms with van der Waals surface area (Å²) in [6.45, 7) is 6.45. The lowest BCUT2D eigenvalue weighted by molar-refractivity contribution is 0.202. The van der Waals surface area contributed by atoms with E-state index in [9.17, 15) is 5.11 Å². The maximum absolute atomic E-state index is 10.5. The van der Waals surface area contributed by atoms with Crippen LogP contribution in [0.3, 0.4) is 0 Å². The summed E-state index contributed by atoms with van der Waals surface area (Å²) in [5.74, 6) is 1.56. The molecule has 1 aliphatic rings. The molecule has 0 aromatic heterocycles. The van der Waals surface area contributed by atoms with E-state index in [-0.39, 0.29) is 5.41 Å². The lowest BCUT2D eigenvalue weighted by Gasteiger charge is -2.30. The summed E-state index contributed by atoms with van der Waals surface area (Å²) >= 11 is 0. The molecule has 3 rings (SSSR count). The van der Waals surface area contributed by atoms with E-state index in [2.05, 4.69) is 26.8 Å². The van der Waals surface area contributed by atoms with Crippen LogP contribution in [0.15, 0.2) is 42.5 Å². The summed E-state index contributed by atoms with van der Waals surface area (Å²) in [5, 5.41) is 10.5. The summed E-state index contributed by atoms with van der Waals surface area (Å²) in [7, 11) is 0. The van der Waals surface area contributed by atoms with Crippen LogP contribution >= 0.6 is 0 Å². The molecule has 1 aliphatic heterocycles. The zero-order valence-electron chi connectivity index (χ0n) is 11.5. The molecular weight excluding hydrogens is 236 g/mol. The number of fused-ring (bicyclic) bond motifs is 2. The quantitative estimate of drug-likeness (QED) is 0.764. The van der Waals surface area contributed by atoms with Gasteiger partial charge in [-0.2, -0.15) is 0 Å². The van der Waals surface area contributed by atoms with Crippen LogP contribution in [0, 0.1) is 0 Å². The highest BCUT2D eigenvalue weighted by atomic mass is 16.5. The molecule has 0 saturated carbocycles. The summed E-state index contributed by atoms with van der Waals surface area (Å²) in [6.07, 6.45) is -0.609. The van der Waals surface area contributed by atoms with Crippen LogP contribution in [0.2, 0.25) is 0 Å². The molecule has 1 heterocycles. The number of hydrogen-bond acceptors (Lipinski definition) is 2. The van der Waals surface area contributed by atoms with Crippen LogP contribution in [-0.2, 0) is 5.41 Å². The second-order valence-corrected chi connectivity index (χ2v) is 6.02. The summed E-state index contributed by atoms with van der Waals surface area (Å²) < 4.78 is 6.05. The number of rotatable bonds is 0. The fraction of sp³-hybridized carbons (Fsp3) is 0.294. The number of ether oxygens (including phenoxy) is 1. The van der Waals surface area contributed by atoms with E-state index < -0.39 is 6.10 Å². The second kappa shape index (κ2) is 4.10. The Hall–Kier alpha value is -1.80. The Kier molecular flexibility index (Phi) is 2.64. The molecule has 0 radical (unpaired) electrons. The van der Waals surface area contributed by atoms with Crippen LogP contribution in [-0.4, -0.2) is 5.11 Å². The van der Waals surface area contributed by atoms with Gasteiger partial charge in [-0.25, -0.2) is 0 Å². The van der Waals surface area contributed by atoms with Crippen LogP contribution in [0.5, 0.6) is 11.5 Å². The van der Waals surface area contributed by atoms with E-state index in [0.29, 0.717) is 0 Å². The SMILES string of the molecule is CC(C)(C)c1cccc2c1Oc1ccccc1C2O. The maximum atomic E-state index is 10.5. The minimum absolute atomic E-state index is 0.0165. The van der Waals surface area contributed by atoms with Gasteiger partial charge in [0.2, 0.25) is 0 Å². The van der Waals surface area contributed by atoms with E-state index in [1.807, 2.05) is 36.4 Å². The van der Waals surface area contributed by atoms with Gasteiger partial charge >= 0.3 is 0 Å². The minimum atomic E-state index is -0.609. The standard InChI is InChI=1S/C17H18O2/c1-17(2,3)13-9-6-8-12-15(18)11-7-4-5-10-14(11)19-16(12)13/h4-10,15,18H,1-3H3. The summed E-state index contributed by atoms with van der Waals surface area (Å²) in [5.41, 5.74) is 2.79. The number of aliphatic hydroxyl groups is 1. The van der Waals surface area contributed by atoms with Crippen LogP contribution in [0.4, 0.5) is 0 Å². The van der Waals surface area contributed by atoms with Crippen molar-refractivity contribution in [3.05, 3.63) is 59.2 Å². The molecule has 2 aromatic rings. The first kappa shape index (κ1) is 12.2. The van der Waals surface area contributed by atoms with Gasteiger partial charge < -0.3 is 9.84 Å². The molecule has 1 N–H and O–H groups in total. The van der Waals surface area contributed by atoms with E-state index in [1.165, 1.54) is 0 Å². The first-order valence-electron chi connectivity index (χ1n) is 6.57. The fourth-order valence-corrected chi connectivity index (χ4v) is 2.55. The molecule has 2 aromatic carbocycles. The van der Waals surface area contributed by atoms with Gasteiger partial charge in [0.15, 0.2) is 0 Å². The van der Waals surface area contributed by atoms with Crippen molar-refractivity contribution in [3.8, 4) is 11.5 Å². The van der Waals surface area contributed by atoms with Gasteiger partial charge in [-0.15, -0.1) is 0 Å². The van der Waals surface area contributed by atoms with Crippen molar-refractivity contribution < 1.29 is 9.84 Å². The van der Waals surface area contributed by atoms with Crippen molar-refractivity contribution >= 4 is 0 Å². The van der Waals surface area contributed by atoms with Gasteiger partial charge in [-0.05, 0) is 11.5 Å². The predicted octanol–water partition coefficient (Wildman–Crippen LogP) is 4.17. The average Bonchev–Trinajstić information content (AvgIpc) is 2.37. The van der Waals surface area contributed by atoms with Gasteiger partial charge in [0, 0.05) is 16.7 Å². The molecule has 2 heteroatoms. The lowest BCUT2D eigenvalue weighted by Crippen LogP contribution is -2.17. The highest BCUT2D eigenvalue weighted by Crippen LogP contribution is 2.46. The minimum Gasteiger partial charge on any atom is -0.456 e. The molecule has 1 unspecified atom stereocenters. The normalized spacial score (nSPS) is 17.4. The van der Waals surface area contributed by atoms with Crippen LogP contribution in [0.25, 0.3) is 0 Å². The highest BCUT2D eigenvalue weighted by molar-refractivity contribution is 5.56. The monoisotopic (exact) mass is 254 g/mol. The van der Waals surface area contributed by atoms with Crippen LogP contribution < -0.4 is 4.74 Å². The third-order valence-corrected chi connectivity index (χ3v) is 3.57. The molecule has 0 fully saturated rings. The van der Waals surface area contributed by atoms with Crippen molar-refractivity contribution in [2.45, 2.75) is 32.3 Å². The Bertz CT molecular complexity index is 623. The Balaban J connectivity index is 2.20. The third kappa shape index (κ3) is 1.92. The van der Waals surface area contributed by atoms with Gasteiger partial charge in [0.25, 0.3) is 0 Å². The van der Waals surface area contributed by atoms with Gasteiger partial charge in [-0.3, -0.25) is 0 Å². The topological polar surface area (TPSA) is 29.5 Å².